The summed E-state index contributed by atoms with van der Waals surface area (Å²) in [7, 11) is 2.14. The Morgan fingerprint density at radius 2 is 1.84 bits per heavy atom. The van der Waals surface area contributed by atoms with E-state index in [0.717, 1.165) is 0 Å². The number of benzene rings is 1. The standard InChI is InChI=1S/C18H27N/c1-18(10-3-4-11-18)17(19-2)13-14-8-9-15-6-5-7-16(15)12-14/h8-9,12,17,19H,3-7,10-11,13H2,1-2H3. The molecule has 1 aromatic carbocycles. The molecule has 1 unspecified atom stereocenters. The molecule has 1 nitrogen and oxygen atoms in total. The van der Waals surface area contributed by atoms with E-state index < -0.39 is 0 Å². The van der Waals surface area contributed by atoms with Crippen LogP contribution in [0.5, 0.6) is 0 Å². The molecule has 1 heteroatoms. The van der Waals surface area contributed by atoms with Gasteiger partial charge in [-0.15, -0.1) is 0 Å². The van der Waals surface area contributed by atoms with Gasteiger partial charge in [-0.2, -0.15) is 0 Å². The molecule has 1 atom stereocenters. The molecule has 0 saturated heterocycles. The highest BCUT2D eigenvalue weighted by atomic mass is 14.9. The highest BCUT2D eigenvalue weighted by Crippen LogP contribution is 2.41. The average molecular weight is 257 g/mol. The zero-order chi connectivity index (χ0) is 13.3. The van der Waals surface area contributed by atoms with Gasteiger partial charge in [0.2, 0.25) is 0 Å². The molecule has 0 radical (unpaired) electrons. The largest absolute Gasteiger partial charge is 0.316 e. The third-order valence-electron chi connectivity index (χ3n) is 5.54. The molecule has 3 rings (SSSR count). The number of fused-ring (bicyclic) bond motifs is 1. The molecule has 2 aliphatic carbocycles. The second-order valence-corrected chi connectivity index (χ2v) is 6.86. The van der Waals surface area contributed by atoms with Crippen LogP contribution in [0.1, 0.15) is 55.7 Å². The van der Waals surface area contributed by atoms with Crippen molar-refractivity contribution in [1.29, 1.82) is 0 Å². The first kappa shape index (κ1) is 13.2. The van der Waals surface area contributed by atoms with Crippen LogP contribution in [0, 0.1) is 5.41 Å². The Hall–Kier alpha value is -0.820. The molecule has 19 heavy (non-hydrogen) atoms. The number of hydrogen-bond acceptors (Lipinski definition) is 1. The fraction of sp³-hybridized carbons (Fsp3) is 0.667. The van der Waals surface area contributed by atoms with Crippen LogP contribution in [-0.4, -0.2) is 13.1 Å². The Kier molecular flexibility index (Phi) is 3.66. The van der Waals surface area contributed by atoms with Crippen LogP contribution in [0.3, 0.4) is 0 Å². The van der Waals surface area contributed by atoms with Gasteiger partial charge in [0.25, 0.3) is 0 Å². The fourth-order valence-corrected chi connectivity index (χ4v) is 4.22. The predicted octanol–water partition coefficient (Wildman–Crippen LogP) is 3.89. The summed E-state index contributed by atoms with van der Waals surface area (Å²) in [6, 6.07) is 7.86. The minimum atomic E-state index is 0.508. The Morgan fingerprint density at radius 3 is 2.58 bits per heavy atom. The highest BCUT2D eigenvalue weighted by Gasteiger charge is 2.36. The Morgan fingerprint density at radius 1 is 1.11 bits per heavy atom. The lowest BCUT2D eigenvalue weighted by molar-refractivity contribution is 0.229. The molecule has 0 aliphatic heterocycles. The van der Waals surface area contributed by atoms with Crippen molar-refractivity contribution >= 4 is 0 Å². The Bertz CT molecular complexity index is 443. The van der Waals surface area contributed by atoms with E-state index in [2.05, 4.69) is 37.5 Å². The smallest absolute Gasteiger partial charge is 0.0158 e. The number of hydrogen-bond donors (Lipinski definition) is 1. The maximum Gasteiger partial charge on any atom is 0.0158 e. The molecule has 104 valence electrons. The molecular weight excluding hydrogens is 230 g/mol. The summed E-state index contributed by atoms with van der Waals surface area (Å²) in [4.78, 5) is 0. The molecule has 1 aromatic rings. The van der Waals surface area contributed by atoms with Gasteiger partial charge in [-0.3, -0.25) is 0 Å². The van der Waals surface area contributed by atoms with Crippen molar-refractivity contribution in [3.63, 3.8) is 0 Å². The monoisotopic (exact) mass is 257 g/mol. The predicted molar refractivity (Wildman–Crippen MR) is 81.6 cm³/mol. The van der Waals surface area contributed by atoms with Crippen molar-refractivity contribution in [2.75, 3.05) is 7.05 Å². The van der Waals surface area contributed by atoms with Crippen molar-refractivity contribution in [3.8, 4) is 0 Å². The number of rotatable bonds is 4. The molecule has 2 aliphatic rings. The van der Waals surface area contributed by atoms with E-state index in [1.54, 1.807) is 11.1 Å². The van der Waals surface area contributed by atoms with Gasteiger partial charge in [0.05, 0.1) is 0 Å². The second kappa shape index (κ2) is 5.28. The lowest BCUT2D eigenvalue weighted by Crippen LogP contribution is -2.41. The first-order valence-electron chi connectivity index (χ1n) is 7.99. The molecule has 1 saturated carbocycles. The van der Waals surface area contributed by atoms with Gasteiger partial charge in [-0.25, -0.2) is 0 Å². The normalized spacial score (nSPS) is 22.4. The van der Waals surface area contributed by atoms with Crippen molar-refractivity contribution in [2.45, 2.75) is 64.3 Å². The summed E-state index contributed by atoms with van der Waals surface area (Å²) in [6.45, 7) is 2.48. The summed E-state index contributed by atoms with van der Waals surface area (Å²) < 4.78 is 0. The van der Waals surface area contributed by atoms with Crippen LogP contribution >= 0.6 is 0 Å². The molecule has 1 N–H and O–H groups in total. The number of likely N-dealkylation sites (N-methyl/N-ethyl adjacent to an activating group) is 1. The molecular formula is C18H27N. The van der Waals surface area contributed by atoms with E-state index in [0.29, 0.717) is 11.5 Å². The Balaban J connectivity index is 1.75. The van der Waals surface area contributed by atoms with E-state index in [1.165, 1.54) is 56.9 Å². The van der Waals surface area contributed by atoms with E-state index in [4.69, 9.17) is 0 Å². The maximum atomic E-state index is 3.60. The fourth-order valence-electron chi connectivity index (χ4n) is 4.22. The molecule has 0 aromatic heterocycles. The van der Waals surface area contributed by atoms with Gasteiger partial charge in [0.15, 0.2) is 0 Å². The van der Waals surface area contributed by atoms with E-state index in [-0.39, 0.29) is 0 Å². The average Bonchev–Trinajstić information content (AvgIpc) is 3.04. The zero-order valence-corrected chi connectivity index (χ0v) is 12.5. The summed E-state index contributed by atoms with van der Waals surface area (Å²) in [6.07, 6.45) is 10.8. The van der Waals surface area contributed by atoms with E-state index in [9.17, 15) is 0 Å². The van der Waals surface area contributed by atoms with Gasteiger partial charge >= 0.3 is 0 Å². The van der Waals surface area contributed by atoms with E-state index >= 15 is 0 Å². The van der Waals surface area contributed by atoms with Crippen molar-refractivity contribution < 1.29 is 0 Å². The van der Waals surface area contributed by atoms with Crippen molar-refractivity contribution in [3.05, 3.63) is 34.9 Å². The topological polar surface area (TPSA) is 12.0 Å². The minimum Gasteiger partial charge on any atom is -0.316 e. The van der Waals surface area contributed by atoms with Crippen LogP contribution in [0.4, 0.5) is 0 Å². The third kappa shape index (κ3) is 2.58. The number of aryl methyl sites for hydroxylation is 2. The maximum absolute atomic E-state index is 3.60. The van der Waals surface area contributed by atoms with Crippen molar-refractivity contribution in [2.24, 2.45) is 5.41 Å². The summed E-state index contributed by atoms with van der Waals surface area (Å²) in [5.74, 6) is 0. The summed E-state index contributed by atoms with van der Waals surface area (Å²) in [5, 5.41) is 3.60. The molecule has 0 spiro atoms. The lowest BCUT2D eigenvalue weighted by Gasteiger charge is -2.34. The molecule has 0 amide bonds. The zero-order valence-electron chi connectivity index (χ0n) is 12.5. The van der Waals surface area contributed by atoms with Gasteiger partial charge in [-0.1, -0.05) is 38.0 Å². The molecule has 1 fully saturated rings. The van der Waals surface area contributed by atoms with Crippen LogP contribution < -0.4 is 5.32 Å². The van der Waals surface area contributed by atoms with Crippen LogP contribution in [-0.2, 0) is 19.3 Å². The van der Waals surface area contributed by atoms with Gasteiger partial charge in [0, 0.05) is 6.04 Å². The van der Waals surface area contributed by atoms with Crippen LogP contribution in [0.15, 0.2) is 18.2 Å². The van der Waals surface area contributed by atoms with Crippen LogP contribution in [0.25, 0.3) is 0 Å². The second-order valence-electron chi connectivity index (χ2n) is 6.86. The highest BCUT2D eigenvalue weighted by molar-refractivity contribution is 5.35. The molecule has 0 bridgehead atoms. The van der Waals surface area contributed by atoms with Gasteiger partial charge in [-0.05, 0) is 67.7 Å². The quantitative estimate of drug-likeness (QED) is 0.863. The summed E-state index contributed by atoms with van der Waals surface area (Å²) >= 11 is 0. The number of nitrogens with one attached hydrogen (secondary N) is 1. The van der Waals surface area contributed by atoms with Gasteiger partial charge < -0.3 is 5.32 Å². The summed E-state index contributed by atoms with van der Waals surface area (Å²) in [5.41, 5.74) is 5.25. The Labute approximate surface area is 117 Å². The van der Waals surface area contributed by atoms with E-state index in [1.807, 2.05) is 0 Å². The third-order valence-corrected chi connectivity index (χ3v) is 5.54. The van der Waals surface area contributed by atoms with Crippen LogP contribution in [0.2, 0.25) is 0 Å². The minimum absolute atomic E-state index is 0.508. The van der Waals surface area contributed by atoms with Gasteiger partial charge in [0.1, 0.15) is 0 Å². The first-order valence-corrected chi connectivity index (χ1v) is 7.99. The SMILES string of the molecule is CNC(Cc1ccc2c(c1)CCC2)C1(C)CCCC1. The first-order chi connectivity index (χ1) is 9.21. The van der Waals surface area contributed by atoms with Crippen molar-refractivity contribution in [1.82, 2.24) is 5.32 Å². The molecule has 0 heterocycles. The lowest BCUT2D eigenvalue weighted by atomic mass is 9.78.